The van der Waals surface area contributed by atoms with Gasteiger partial charge in [0.15, 0.2) is 0 Å². The maximum Gasteiger partial charge on any atom is 0.339 e. The second-order valence-corrected chi connectivity index (χ2v) is 4.31. The van der Waals surface area contributed by atoms with Gasteiger partial charge in [-0.2, -0.15) is 0 Å². The van der Waals surface area contributed by atoms with Crippen molar-refractivity contribution >= 4 is 11.9 Å². The third-order valence-electron chi connectivity index (χ3n) is 3.04. The third-order valence-corrected chi connectivity index (χ3v) is 3.04. The van der Waals surface area contributed by atoms with Gasteiger partial charge in [-0.1, -0.05) is 13.8 Å². The molecule has 0 radical (unpaired) electrons. The summed E-state index contributed by atoms with van der Waals surface area (Å²) in [5.74, 6) is -0.507. The fraction of sp³-hybridized carbons (Fsp3) is 0.615. The smallest absolute Gasteiger partial charge is 0.339 e. The number of aryl methyl sites for hydroxylation is 1. The topological polar surface area (TPSA) is 78.4 Å². The summed E-state index contributed by atoms with van der Waals surface area (Å²) in [6.07, 6.45) is 2.35. The van der Waals surface area contributed by atoms with E-state index in [1.54, 1.807) is 6.92 Å². The van der Waals surface area contributed by atoms with E-state index in [0.29, 0.717) is 11.6 Å². The summed E-state index contributed by atoms with van der Waals surface area (Å²) in [5, 5.41) is 12.0. The summed E-state index contributed by atoms with van der Waals surface area (Å²) in [6.45, 7) is 9.89. The molecule has 0 amide bonds. The van der Waals surface area contributed by atoms with Crippen LogP contribution in [0.15, 0.2) is 6.20 Å². The van der Waals surface area contributed by atoms with Crippen LogP contribution in [0.4, 0.5) is 5.95 Å². The van der Waals surface area contributed by atoms with E-state index >= 15 is 0 Å². The van der Waals surface area contributed by atoms with Crippen molar-refractivity contribution in [2.45, 2.75) is 27.2 Å². The van der Waals surface area contributed by atoms with Crippen LogP contribution in [0.25, 0.3) is 0 Å². The zero-order chi connectivity index (χ0) is 14.3. The van der Waals surface area contributed by atoms with Crippen LogP contribution in [0.2, 0.25) is 0 Å². The molecule has 106 valence electrons. The van der Waals surface area contributed by atoms with Crippen LogP contribution < -0.4 is 5.32 Å². The molecule has 0 aliphatic carbocycles. The highest BCUT2D eigenvalue weighted by Gasteiger charge is 2.09. The molecule has 0 saturated carbocycles. The van der Waals surface area contributed by atoms with Gasteiger partial charge in [0.25, 0.3) is 0 Å². The van der Waals surface area contributed by atoms with Gasteiger partial charge in [-0.25, -0.2) is 14.8 Å². The summed E-state index contributed by atoms with van der Waals surface area (Å²) in [5.41, 5.74) is 0.627. The average molecular weight is 266 g/mol. The van der Waals surface area contributed by atoms with Gasteiger partial charge in [0, 0.05) is 12.7 Å². The minimum absolute atomic E-state index is 0.147. The van der Waals surface area contributed by atoms with Crippen molar-refractivity contribution in [2.75, 3.05) is 31.5 Å². The predicted octanol–water partition coefficient (Wildman–Crippen LogP) is 1.63. The first kappa shape index (κ1) is 15.4. The molecule has 0 unspecified atom stereocenters. The summed E-state index contributed by atoms with van der Waals surface area (Å²) < 4.78 is 0. The Morgan fingerprint density at radius 1 is 1.42 bits per heavy atom. The molecule has 1 heterocycles. The lowest BCUT2D eigenvalue weighted by molar-refractivity contribution is 0.0695. The van der Waals surface area contributed by atoms with Gasteiger partial charge in [0.05, 0.1) is 11.3 Å². The first-order valence-corrected chi connectivity index (χ1v) is 6.61. The van der Waals surface area contributed by atoms with Gasteiger partial charge in [-0.15, -0.1) is 0 Å². The van der Waals surface area contributed by atoms with Crippen LogP contribution in [-0.2, 0) is 0 Å². The number of aromatic carboxylic acids is 1. The molecule has 6 nitrogen and oxygen atoms in total. The van der Waals surface area contributed by atoms with E-state index in [1.165, 1.54) is 6.20 Å². The summed E-state index contributed by atoms with van der Waals surface area (Å²) >= 11 is 0. The molecule has 0 saturated heterocycles. The lowest BCUT2D eigenvalue weighted by atomic mass is 10.2. The molecule has 0 fully saturated rings. The van der Waals surface area contributed by atoms with Crippen molar-refractivity contribution in [1.29, 1.82) is 0 Å². The molecule has 19 heavy (non-hydrogen) atoms. The minimum atomic E-state index is -0.995. The molecule has 2 N–H and O–H groups in total. The number of rotatable bonds is 8. The van der Waals surface area contributed by atoms with Crippen molar-refractivity contribution in [3.8, 4) is 0 Å². The van der Waals surface area contributed by atoms with E-state index in [4.69, 9.17) is 5.11 Å². The molecule has 0 aliphatic rings. The van der Waals surface area contributed by atoms with Crippen LogP contribution >= 0.6 is 0 Å². The van der Waals surface area contributed by atoms with Crippen molar-refractivity contribution in [3.05, 3.63) is 17.5 Å². The van der Waals surface area contributed by atoms with Crippen molar-refractivity contribution in [3.63, 3.8) is 0 Å². The maximum atomic E-state index is 10.8. The normalized spacial score (nSPS) is 10.7. The fourth-order valence-corrected chi connectivity index (χ4v) is 1.80. The number of nitrogens with zero attached hydrogens (tertiary/aromatic N) is 3. The Hall–Kier alpha value is -1.69. The second-order valence-electron chi connectivity index (χ2n) is 4.31. The average Bonchev–Trinajstić information content (AvgIpc) is 2.38. The zero-order valence-corrected chi connectivity index (χ0v) is 11.8. The molecule has 1 rings (SSSR count). The molecule has 0 bridgehead atoms. The Balaban J connectivity index is 2.42. The molecule has 0 aromatic carbocycles. The molecule has 1 aromatic rings. The number of carboxylic acid groups (broad SMARTS) is 1. The summed E-state index contributed by atoms with van der Waals surface area (Å²) in [4.78, 5) is 21.3. The quantitative estimate of drug-likeness (QED) is 0.696. The molecular weight excluding hydrogens is 244 g/mol. The Bertz CT molecular complexity index is 419. The molecule has 1 aromatic heterocycles. The Kier molecular flexibility index (Phi) is 6.21. The number of carbonyl (C=O) groups is 1. The van der Waals surface area contributed by atoms with Crippen molar-refractivity contribution in [1.82, 2.24) is 14.9 Å². The van der Waals surface area contributed by atoms with Gasteiger partial charge in [-0.3, -0.25) is 0 Å². The van der Waals surface area contributed by atoms with Crippen LogP contribution in [0.1, 0.15) is 36.3 Å². The Morgan fingerprint density at radius 3 is 2.63 bits per heavy atom. The monoisotopic (exact) mass is 266 g/mol. The maximum absolute atomic E-state index is 10.8. The number of carboxylic acids is 1. The predicted molar refractivity (Wildman–Crippen MR) is 74.6 cm³/mol. The Labute approximate surface area is 113 Å². The highest BCUT2D eigenvalue weighted by molar-refractivity contribution is 5.88. The second kappa shape index (κ2) is 7.68. The van der Waals surface area contributed by atoms with Crippen LogP contribution in [0, 0.1) is 6.92 Å². The van der Waals surface area contributed by atoms with Gasteiger partial charge in [0.1, 0.15) is 0 Å². The van der Waals surface area contributed by atoms with E-state index in [2.05, 4.69) is 34.0 Å². The number of hydrogen-bond donors (Lipinski definition) is 2. The molecular formula is C13H22N4O2. The van der Waals surface area contributed by atoms with Crippen molar-refractivity contribution < 1.29 is 9.90 Å². The number of aromatic nitrogens is 2. The van der Waals surface area contributed by atoms with Crippen LogP contribution in [0.5, 0.6) is 0 Å². The SMILES string of the molecule is CCN(CC)CCCNc1ncc(C(=O)O)c(C)n1. The highest BCUT2D eigenvalue weighted by Crippen LogP contribution is 2.06. The van der Waals surface area contributed by atoms with Gasteiger partial charge in [0.2, 0.25) is 5.95 Å². The van der Waals surface area contributed by atoms with E-state index < -0.39 is 5.97 Å². The zero-order valence-electron chi connectivity index (χ0n) is 11.8. The number of hydrogen-bond acceptors (Lipinski definition) is 5. The first-order chi connectivity index (χ1) is 9.08. The molecule has 0 atom stereocenters. The summed E-state index contributed by atoms with van der Waals surface area (Å²) in [7, 11) is 0. The minimum Gasteiger partial charge on any atom is -0.478 e. The largest absolute Gasteiger partial charge is 0.478 e. The standard InChI is InChI=1S/C13H22N4O2/c1-4-17(5-2)8-6-7-14-13-15-9-11(12(18)19)10(3)16-13/h9H,4-8H2,1-3H3,(H,18,19)(H,14,15,16). The molecule has 0 spiro atoms. The lowest BCUT2D eigenvalue weighted by Crippen LogP contribution is -2.25. The fourth-order valence-electron chi connectivity index (χ4n) is 1.80. The van der Waals surface area contributed by atoms with Gasteiger partial charge >= 0.3 is 5.97 Å². The highest BCUT2D eigenvalue weighted by atomic mass is 16.4. The number of nitrogens with one attached hydrogen (secondary N) is 1. The Morgan fingerprint density at radius 2 is 2.11 bits per heavy atom. The lowest BCUT2D eigenvalue weighted by Gasteiger charge is -2.17. The van der Waals surface area contributed by atoms with E-state index in [0.717, 1.165) is 32.6 Å². The first-order valence-electron chi connectivity index (χ1n) is 6.61. The van der Waals surface area contributed by atoms with Crippen molar-refractivity contribution in [2.24, 2.45) is 0 Å². The van der Waals surface area contributed by atoms with Gasteiger partial charge in [-0.05, 0) is 33.0 Å². The van der Waals surface area contributed by atoms with E-state index in [9.17, 15) is 4.79 Å². The number of anilines is 1. The van der Waals surface area contributed by atoms with E-state index in [-0.39, 0.29) is 5.56 Å². The van der Waals surface area contributed by atoms with Crippen LogP contribution in [0.3, 0.4) is 0 Å². The molecule has 6 heteroatoms. The van der Waals surface area contributed by atoms with E-state index in [1.807, 2.05) is 0 Å². The summed E-state index contributed by atoms with van der Waals surface area (Å²) in [6, 6.07) is 0. The van der Waals surface area contributed by atoms with Crippen LogP contribution in [-0.4, -0.2) is 52.1 Å². The third kappa shape index (κ3) is 4.82. The van der Waals surface area contributed by atoms with Gasteiger partial charge < -0.3 is 15.3 Å². The molecule has 0 aliphatic heterocycles.